The molecule has 0 spiro atoms. The molecule has 1 heterocycles. The molecule has 0 bridgehead atoms. The fourth-order valence-corrected chi connectivity index (χ4v) is 4.20. The van der Waals surface area contributed by atoms with Gasteiger partial charge in [-0.05, 0) is 23.3 Å². The number of rotatable bonds is 6. The van der Waals surface area contributed by atoms with Crippen LogP contribution in [-0.2, 0) is 4.79 Å². The number of hydrogen-bond acceptors (Lipinski definition) is 3. The third-order valence-electron chi connectivity index (χ3n) is 5.57. The predicted molar refractivity (Wildman–Crippen MR) is 123 cm³/mol. The van der Waals surface area contributed by atoms with Crippen LogP contribution in [0.15, 0.2) is 84.9 Å². The number of piperazine rings is 1. The van der Waals surface area contributed by atoms with Crippen molar-refractivity contribution in [2.75, 3.05) is 38.0 Å². The van der Waals surface area contributed by atoms with Crippen molar-refractivity contribution in [3.05, 3.63) is 101 Å². The quantitative estimate of drug-likeness (QED) is 0.629. The lowest BCUT2D eigenvalue weighted by molar-refractivity contribution is -0.131. The van der Waals surface area contributed by atoms with Gasteiger partial charge in [-0.25, -0.2) is 0 Å². The molecule has 1 aliphatic rings. The fourth-order valence-electron chi connectivity index (χ4n) is 4.00. The molecule has 0 aliphatic carbocycles. The summed E-state index contributed by atoms with van der Waals surface area (Å²) in [5.41, 5.74) is 3.35. The summed E-state index contributed by atoms with van der Waals surface area (Å²) in [6, 6.07) is 28.9. The third-order valence-corrected chi connectivity index (χ3v) is 5.90. The fraction of sp³-hybridized carbons (Fsp3) is 0.240. The normalized spacial score (nSPS) is 14.7. The average Bonchev–Trinajstić information content (AvgIpc) is 2.80. The molecule has 3 aromatic carbocycles. The Balaban J connectivity index is 1.40. The van der Waals surface area contributed by atoms with Crippen molar-refractivity contribution in [3.63, 3.8) is 0 Å². The number of hydrogen-bond donors (Lipinski definition) is 1. The van der Waals surface area contributed by atoms with E-state index in [0.29, 0.717) is 5.02 Å². The Bertz CT molecular complexity index is 917. The van der Waals surface area contributed by atoms with E-state index in [2.05, 4.69) is 58.7 Å². The van der Waals surface area contributed by atoms with Gasteiger partial charge >= 0.3 is 0 Å². The molecule has 4 nitrogen and oxygen atoms in total. The van der Waals surface area contributed by atoms with Crippen LogP contribution < -0.4 is 5.32 Å². The Morgan fingerprint density at radius 2 is 1.33 bits per heavy atom. The van der Waals surface area contributed by atoms with Gasteiger partial charge in [0.1, 0.15) is 0 Å². The Labute approximate surface area is 183 Å². The number of halogens is 1. The second-order valence-corrected chi connectivity index (χ2v) is 7.88. The van der Waals surface area contributed by atoms with Crippen molar-refractivity contribution in [1.29, 1.82) is 0 Å². The minimum atomic E-state index is 0.102. The van der Waals surface area contributed by atoms with E-state index in [1.165, 1.54) is 11.1 Å². The highest BCUT2D eigenvalue weighted by atomic mass is 35.5. The molecule has 1 saturated heterocycles. The third kappa shape index (κ3) is 4.84. The Morgan fingerprint density at radius 1 is 0.800 bits per heavy atom. The number of benzene rings is 3. The maximum absolute atomic E-state index is 12.7. The molecule has 1 amide bonds. The molecule has 5 heteroatoms. The van der Waals surface area contributed by atoms with Gasteiger partial charge < -0.3 is 10.2 Å². The standard InChI is InChI=1S/C25H26ClN3O/c26-22-13-7-8-14-23(22)27-19-24(30)28-15-17-29(18-16-28)25(20-9-3-1-4-10-20)21-11-5-2-6-12-21/h1-14,25,27H,15-19H2. The van der Waals surface area contributed by atoms with Crippen LogP contribution in [0.3, 0.4) is 0 Å². The highest BCUT2D eigenvalue weighted by Gasteiger charge is 2.27. The van der Waals surface area contributed by atoms with Crippen molar-refractivity contribution in [2.45, 2.75) is 6.04 Å². The summed E-state index contributed by atoms with van der Waals surface area (Å²) in [5, 5.41) is 3.79. The number of anilines is 1. The molecule has 4 rings (SSSR count). The first-order valence-corrected chi connectivity index (χ1v) is 10.7. The zero-order chi connectivity index (χ0) is 20.8. The number of carbonyl (C=O) groups is 1. The maximum Gasteiger partial charge on any atom is 0.241 e. The van der Waals surface area contributed by atoms with Gasteiger partial charge in [-0.3, -0.25) is 9.69 Å². The molecule has 30 heavy (non-hydrogen) atoms. The second kappa shape index (κ2) is 9.79. The molecule has 0 aromatic heterocycles. The zero-order valence-electron chi connectivity index (χ0n) is 16.9. The molecule has 0 saturated carbocycles. The topological polar surface area (TPSA) is 35.6 Å². The highest BCUT2D eigenvalue weighted by molar-refractivity contribution is 6.33. The van der Waals surface area contributed by atoms with E-state index in [9.17, 15) is 4.79 Å². The smallest absolute Gasteiger partial charge is 0.241 e. The zero-order valence-corrected chi connectivity index (χ0v) is 17.6. The minimum Gasteiger partial charge on any atom is -0.375 e. The Morgan fingerprint density at radius 3 is 1.90 bits per heavy atom. The summed E-state index contributed by atoms with van der Waals surface area (Å²) in [6.07, 6.45) is 0. The van der Waals surface area contributed by atoms with Crippen molar-refractivity contribution in [3.8, 4) is 0 Å². The molecular weight excluding hydrogens is 394 g/mol. The molecular formula is C25H26ClN3O. The lowest BCUT2D eigenvalue weighted by atomic mass is 9.96. The van der Waals surface area contributed by atoms with Crippen LogP contribution in [0, 0.1) is 0 Å². The summed E-state index contributed by atoms with van der Waals surface area (Å²) in [5.74, 6) is 0.102. The summed E-state index contributed by atoms with van der Waals surface area (Å²) in [6.45, 7) is 3.38. The summed E-state index contributed by atoms with van der Waals surface area (Å²) < 4.78 is 0. The van der Waals surface area contributed by atoms with E-state index in [0.717, 1.165) is 31.9 Å². The van der Waals surface area contributed by atoms with Gasteiger partial charge in [0.15, 0.2) is 0 Å². The monoisotopic (exact) mass is 419 g/mol. The molecule has 1 aliphatic heterocycles. The number of para-hydroxylation sites is 1. The largest absolute Gasteiger partial charge is 0.375 e. The first-order chi connectivity index (χ1) is 14.7. The van der Waals surface area contributed by atoms with Gasteiger partial charge in [0.2, 0.25) is 5.91 Å². The van der Waals surface area contributed by atoms with Crippen LogP contribution in [0.2, 0.25) is 5.02 Å². The molecule has 0 atom stereocenters. The lowest BCUT2D eigenvalue weighted by Gasteiger charge is -2.40. The number of amides is 1. The lowest BCUT2D eigenvalue weighted by Crippen LogP contribution is -2.51. The van der Waals surface area contributed by atoms with Crippen molar-refractivity contribution < 1.29 is 4.79 Å². The van der Waals surface area contributed by atoms with Gasteiger partial charge in [0.05, 0.1) is 23.3 Å². The van der Waals surface area contributed by atoms with Crippen molar-refractivity contribution in [2.24, 2.45) is 0 Å². The summed E-state index contributed by atoms with van der Waals surface area (Å²) in [4.78, 5) is 17.1. The molecule has 0 unspecified atom stereocenters. The molecule has 1 fully saturated rings. The summed E-state index contributed by atoms with van der Waals surface area (Å²) >= 11 is 6.17. The predicted octanol–water partition coefficient (Wildman–Crippen LogP) is 4.69. The van der Waals surface area contributed by atoms with E-state index in [4.69, 9.17) is 11.6 Å². The number of nitrogens with zero attached hydrogens (tertiary/aromatic N) is 2. The Kier molecular flexibility index (Phi) is 6.67. The minimum absolute atomic E-state index is 0.102. The van der Waals surface area contributed by atoms with Crippen molar-refractivity contribution in [1.82, 2.24) is 9.80 Å². The van der Waals surface area contributed by atoms with Crippen LogP contribution in [-0.4, -0.2) is 48.4 Å². The van der Waals surface area contributed by atoms with Gasteiger partial charge in [0.25, 0.3) is 0 Å². The maximum atomic E-state index is 12.7. The van der Waals surface area contributed by atoms with E-state index in [1.54, 1.807) is 0 Å². The van der Waals surface area contributed by atoms with E-state index in [1.807, 2.05) is 41.3 Å². The SMILES string of the molecule is O=C(CNc1ccccc1Cl)N1CCN(C(c2ccccc2)c2ccccc2)CC1. The molecule has 3 aromatic rings. The number of nitrogens with one attached hydrogen (secondary N) is 1. The van der Waals surface area contributed by atoms with Gasteiger partial charge in [-0.15, -0.1) is 0 Å². The van der Waals surface area contributed by atoms with E-state index < -0.39 is 0 Å². The first-order valence-electron chi connectivity index (χ1n) is 10.3. The average molecular weight is 420 g/mol. The number of carbonyl (C=O) groups excluding carboxylic acids is 1. The van der Waals surface area contributed by atoms with E-state index in [-0.39, 0.29) is 18.5 Å². The second-order valence-electron chi connectivity index (χ2n) is 7.47. The van der Waals surface area contributed by atoms with Gasteiger partial charge in [-0.1, -0.05) is 84.4 Å². The van der Waals surface area contributed by atoms with Crippen molar-refractivity contribution >= 4 is 23.2 Å². The molecule has 0 radical (unpaired) electrons. The molecule has 1 N–H and O–H groups in total. The van der Waals surface area contributed by atoms with Gasteiger partial charge in [0, 0.05) is 26.2 Å². The van der Waals surface area contributed by atoms with Crippen LogP contribution in [0.25, 0.3) is 0 Å². The first kappa shape index (κ1) is 20.5. The Hall–Kier alpha value is -2.82. The molecule has 154 valence electrons. The van der Waals surface area contributed by atoms with Gasteiger partial charge in [-0.2, -0.15) is 0 Å². The summed E-state index contributed by atoms with van der Waals surface area (Å²) in [7, 11) is 0. The van der Waals surface area contributed by atoms with Crippen LogP contribution in [0.5, 0.6) is 0 Å². The highest BCUT2D eigenvalue weighted by Crippen LogP contribution is 2.29. The van der Waals surface area contributed by atoms with Crippen LogP contribution in [0.4, 0.5) is 5.69 Å². The van der Waals surface area contributed by atoms with Crippen LogP contribution in [0.1, 0.15) is 17.2 Å². The van der Waals surface area contributed by atoms with Crippen LogP contribution >= 0.6 is 11.6 Å². The van der Waals surface area contributed by atoms with E-state index >= 15 is 0 Å².